The molecular formula is C23H27N3O4. The molecule has 30 heavy (non-hydrogen) atoms. The molecule has 4 rings (SSSR count). The molecule has 0 spiro atoms. The van der Waals surface area contributed by atoms with Crippen molar-refractivity contribution in [2.75, 3.05) is 43.0 Å². The summed E-state index contributed by atoms with van der Waals surface area (Å²) in [6.45, 7) is 3.20. The highest BCUT2D eigenvalue weighted by Gasteiger charge is 2.28. The van der Waals surface area contributed by atoms with Crippen LogP contribution in [0.3, 0.4) is 0 Å². The number of fused-ring (bicyclic) bond motifs is 2. The molecule has 1 N–H and O–H groups in total. The van der Waals surface area contributed by atoms with Gasteiger partial charge in [-0.25, -0.2) is 4.79 Å². The Kier molecular flexibility index (Phi) is 5.90. The number of amides is 1. The lowest BCUT2D eigenvalue weighted by molar-refractivity contribution is 0.0135. The van der Waals surface area contributed by atoms with Gasteiger partial charge in [-0.2, -0.15) is 0 Å². The van der Waals surface area contributed by atoms with Gasteiger partial charge in [0.15, 0.2) is 0 Å². The van der Waals surface area contributed by atoms with Crippen molar-refractivity contribution in [1.29, 1.82) is 0 Å². The summed E-state index contributed by atoms with van der Waals surface area (Å²) in [7, 11) is 1.82. The summed E-state index contributed by atoms with van der Waals surface area (Å²) in [5.41, 5.74) is 3.53. The molecule has 1 atom stereocenters. The van der Waals surface area contributed by atoms with E-state index < -0.39 is 6.16 Å². The van der Waals surface area contributed by atoms with Gasteiger partial charge < -0.3 is 19.6 Å². The summed E-state index contributed by atoms with van der Waals surface area (Å²) in [5.74, 6) is -0.00904. The summed E-state index contributed by atoms with van der Waals surface area (Å²) in [5, 5.41) is 8.87. The molecule has 1 amide bonds. The molecule has 0 aromatic heterocycles. The fraction of sp³-hybridized carbons (Fsp3) is 0.391. The van der Waals surface area contributed by atoms with Crippen LogP contribution in [-0.2, 0) is 4.74 Å². The average Bonchev–Trinajstić information content (AvgIpc) is 2.83. The second kappa shape index (κ2) is 8.75. The number of nitrogens with zero attached hydrogens (tertiary/aromatic N) is 3. The first-order chi connectivity index (χ1) is 14.5. The van der Waals surface area contributed by atoms with Gasteiger partial charge in [-0.15, -0.1) is 0 Å². The van der Waals surface area contributed by atoms with Gasteiger partial charge in [0.25, 0.3) is 5.91 Å². The van der Waals surface area contributed by atoms with Gasteiger partial charge >= 0.3 is 6.16 Å². The van der Waals surface area contributed by atoms with E-state index in [1.165, 1.54) is 0 Å². The molecule has 0 bridgehead atoms. The number of hydrogen-bond acceptors (Lipinski definition) is 5. The zero-order valence-corrected chi connectivity index (χ0v) is 17.2. The number of ether oxygens (including phenoxy) is 1. The van der Waals surface area contributed by atoms with Crippen molar-refractivity contribution >= 4 is 29.1 Å². The lowest BCUT2D eigenvalue weighted by atomic mass is 10.1. The summed E-state index contributed by atoms with van der Waals surface area (Å²) in [4.78, 5) is 30.1. The SMILES string of the molecule is CN1C(=O)c2ccccc2N(CCCN2CCC[C@@H](OC(=O)O)C2)c2ccccc21. The first-order valence-electron chi connectivity index (χ1n) is 10.4. The fourth-order valence-corrected chi connectivity index (χ4v) is 4.43. The number of para-hydroxylation sites is 3. The maximum absolute atomic E-state index is 13.0. The molecule has 2 aliphatic heterocycles. The van der Waals surface area contributed by atoms with E-state index in [1.807, 2.05) is 49.5 Å². The quantitative estimate of drug-likeness (QED) is 0.754. The number of likely N-dealkylation sites (tertiary alicyclic amines) is 1. The third-order valence-electron chi connectivity index (χ3n) is 5.85. The Morgan fingerprint density at radius 2 is 1.77 bits per heavy atom. The van der Waals surface area contributed by atoms with Crippen LogP contribution in [0.25, 0.3) is 0 Å². The molecule has 0 aliphatic carbocycles. The Labute approximate surface area is 176 Å². The summed E-state index contributed by atoms with van der Waals surface area (Å²) < 4.78 is 4.97. The Bertz CT molecular complexity index is 932. The number of benzene rings is 2. The van der Waals surface area contributed by atoms with E-state index in [9.17, 15) is 9.59 Å². The van der Waals surface area contributed by atoms with Gasteiger partial charge in [-0.3, -0.25) is 9.69 Å². The van der Waals surface area contributed by atoms with Crippen LogP contribution < -0.4 is 9.80 Å². The van der Waals surface area contributed by atoms with Gasteiger partial charge in [0.05, 0.1) is 22.6 Å². The van der Waals surface area contributed by atoms with Crippen molar-refractivity contribution in [3.8, 4) is 0 Å². The van der Waals surface area contributed by atoms with E-state index in [-0.39, 0.29) is 12.0 Å². The van der Waals surface area contributed by atoms with Crippen molar-refractivity contribution in [1.82, 2.24) is 4.90 Å². The number of carboxylic acid groups (broad SMARTS) is 1. The highest BCUT2D eigenvalue weighted by atomic mass is 16.7. The van der Waals surface area contributed by atoms with Crippen molar-refractivity contribution in [2.45, 2.75) is 25.4 Å². The van der Waals surface area contributed by atoms with E-state index >= 15 is 0 Å². The largest absolute Gasteiger partial charge is 0.506 e. The van der Waals surface area contributed by atoms with Crippen LogP contribution >= 0.6 is 0 Å². The zero-order valence-electron chi connectivity index (χ0n) is 17.2. The number of hydrogen-bond donors (Lipinski definition) is 1. The number of piperidine rings is 1. The van der Waals surface area contributed by atoms with Crippen molar-refractivity contribution in [3.05, 3.63) is 54.1 Å². The molecular weight excluding hydrogens is 382 g/mol. The molecule has 7 nitrogen and oxygen atoms in total. The molecule has 0 saturated carbocycles. The lowest BCUT2D eigenvalue weighted by Gasteiger charge is -2.33. The van der Waals surface area contributed by atoms with E-state index in [2.05, 4.69) is 15.9 Å². The average molecular weight is 409 g/mol. The van der Waals surface area contributed by atoms with Gasteiger partial charge in [0.2, 0.25) is 0 Å². The Balaban J connectivity index is 1.51. The Morgan fingerprint density at radius 3 is 2.53 bits per heavy atom. The van der Waals surface area contributed by atoms with Crippen LogP contribution in [0.15, 0.2) is 48.5 Å². The van der Waals surface area contributed by atoms with Gasteiger partial charge in [0.1, 0.15) is 6.10 Å². The van der Waals surface area contributed by atoms with Crippen LogP contribution in [0.1, 0.15) is 29.6 Å². The van der Waals surface area contributed by atoms with E-state index in [1.54, 1.807) is 4.90 Å². The van der Waals surface area contributed by atoms with Gasteiger partial charge in [-0.1, -0.05) is 24.3 Å². The zero-order chi connectivity index (χ0) is 21.1. The molecule has 1 saturated heterocycles. The predicted octanol–water partition coefficient (Wildman–Crippen LogP) is 3.96. The van der Waals surface area contributed by atoms with Crippen LogP contribution in [0.4, 0.5) is 21.9 Å². The van der Waals surface area contributed by atoms with Crippen LogP contribution in [-0.4, -0.2) is 61.4 Å². The number of carbonyl (C=O) groups is 2. The minimum absolute atomic E-state index is 0.00904. The third-order valence-corrected chi connectivity index (χ3v) is 5.85. The standard InChI is InChI=1S/C23H27N3O4/c1-24-20-11-4-5-12-21(20)26(19-10-3-2-9-18(19)22(24)27)15-7-14-25-13-6-8-17(16-25)30-23(28)29/h2-5,9-12,17H,6-8,13-16H2,1H3,(H,28,29)/t17-/m1/s1. The first kappa shape index (κ1) is 20.2. The van der Waals surface area contributed by atoms with E-state index in [4.69, 9.17) is 9.84 Å². The Hall–Kier alpha value is -3.06. The molecule has 0 radical (unpaired) electrons. The Morgan fingerprint density at radius 1 is 1.07 bits per heavy atom. The van der Waals surface area contributed by atoms with Crippen LogP contribution in [0.2, 0.25) is 0 Å². The molecule has 158 valence electrons. The van der Waals surface area contributed by atoms with Crippen LogP contribution in [0.5, 0.6) is 0 Å². The molecule has 7 heteroatoms. The minimum atomic E-state index is -1.20. The van der Waals surface area contributed by atoms with Crippen molar-refractivity contribution in [2.24, 2.45) is 0 Å². The fourth-order valence-electron chi connectivity index (χ4n) is 4.43. The summed E-state index contributed by atoms with van der Waals surface area (Å²) >= 11 is 0. The third kappa shape index (κ3) is 4.11. The molecule has 0 unspecified atom stereocenters. The second-order valence-corrected chi connectivity index (χ2v) is 7.82. The van der Waals surface area contributed by atoms with Gasteiger partial charge in [-0.05, 0) is 56.6 Å². The highest BCUT2D eigenvalue weighted by molar-refractivity contribution is 6.13. The van der Waals surface area contributed by atoms with Crippen molar-refractivity contribution < 1.29 is 19.4 Å². The van der Waals surface area contributed by atoms with Gasteiger partial charge in [0, 0.05) is 20.1 Å². The van der Waals surface area contributed by atoms with E-state index in [0.29, 0.717) is 12.1 Å². The smallest absolute Gasteiger partial charge is 0.450 e. The highest BCUT2D eigenvalue weighted by Crippen LogP contribution is 2.39. The minimum Gasteiger partial charge on any atom is -0.450 e. The number of rotatable bonds is 5. The van der Waals surface area contributed by atoms with Crippen LogP contribution in [0, 0.1) is 0 Å². The molecule has 2 aromatic carbocycles. The molecule has 2 aliphatic rings. The maximum atomic E-state index is 13.0. The summed E-state index contributed by atoms with van der Waals surface area (Å²) in [6.07, 6.45) is 1.16. The second-order valence-electron chi connectivity index (χ2n) is 7.82. The molecule has 2 aromatic rings. The maximum Gasteiger partial charge on any atom is 0.506 e. The predicted molar refractivity (Wildman–Crippen MR) is 116 cm³/mol. The lowest BCUT2D eigenvalue weighted by Crippen LogP contribution is -2.41. The topological polar surface area (TPSA) is 73.3 Å². The summed E-state index contributed by atoms with van der Waals surface area (Å²) in [6, 6.07) is 15.7. The number of carbonyl (C=O) groups excluding carboxylic acids is 1. The monoisotopic (exact) mass is 409 g/mol. The molecule has 2 heterocycles. The first-order valence-corrected chi connectivity index (χ1v) is 10.4. The van der Waals surface area contributed by atoms with Crippen molar-refractivity contribution in [3.63, 3.8) is 0 Å². The number of anilines is 3. The normalized spacial score (nSPS) is 19.1. The van der Waals surface area contributed by atoms with E-state index in [0.717, 1.165) is 56.0 Å². The molecule has 1 fully saturated rings.